The van der Waals surface area contributed by atoms with E-state index >= 15 is 0 Å². The third-order valence-corrected chi connectivity index (χ3v) is 6.00. The van der Waals surface area contributed by atoms with Crippen LogP contribution in [0.3, 0.4) is 0 Å². The van der Waals surface area contributed by atoms with Gasteiger partial charge in [0, 0.05) is 11.0 Å². The zero-order chi connectivity index (χ0) is 16.1. The van der Waals surface area contributed by atoms with Crippen molar-refractivity contribution >= 4 is 6.08 Å². The highest BCUT2D eigenvalue weighted by Gasteiger charge is 2.51. The van der Waals surface area contributed by atoms with E-state index in [1.54, 1.807) is 0 Å². The molecule has 1 aromatic carbocycles. The minimum atomic E-state index is -0.191. The third kappa shape index (κ3) is 2.04. The molecule has 2 atom stereocenters. The van der Waals surface area contributed by atoms with Gasteiger partial charge in [0.25, 0.3) is 0 Å². The van der Waals surface area contributed by atoms with Gasteiger partial charge >= 0.3 is 0 Å². The fourth-order valence-corrected chi connectivity index (χ4v) is 4.97. The van der Waals surface area contributed by atoms with Crippen molar-refractivity contribution in [1.82, 2.24) is 0 Å². The lowest BCUT2D eigenvalue weighted by Crippen LogP contribution is -2.50. The minimum absolute atomic E-state index is 0.181. The Morgan fingerprint density at radius 2 is 1.95 bits per heavy atom. The lowest BCUT2D eigenvalue weighted by molar-refractivity contribution is 0.0340. The van der Waals surface area contributed by atoms with Crippen molar-refractivity contribution in [3.63, 3.8) is 0 Å². The van der Waals surface area contributed by atoms with Crippen LogP contribution >= 0.6 is 0 Å². The van der Waals surface area contributed by atoms with E-state index in [-0.39, 0.29) is 23.4 Å². The summed E-state index contributed by atoms with van der Waals surface area (Å²) in [4.78, 5) is 0. The van der Waals surface area contributed by atoms with Crippen molar-refractivity contribution in [2.45, 2.75) is 58.3 Å². The van der Waals surface area contributed by atoms with Gasteiger partial charge in [-0.3, -0.25) is 0 Å². The summed E-state index contributed by atoms with van der Waals surface area (Å²) in [5.74, 6) is 0.999. The number of hydrogen-bond acceptors (Lipinski definition) is 2. The van der Waals surface area contributed by atoms with Gasteiger partial charge in [0.05, 0.1) is 6.61 Å². The van der Waals surface area contributed by atoms with Crippen LogP contribution in [-0.2, 0) is 5.41 Å². The Labute approximate surface area is 133 Å². The number of fused-ring (bicyclic) bond motifs is 3. The summed E-state index contributed by atoms with van der Waals surface area (Å²) in [6.45, 7) is 9.05. The Morgan fingerprint density at radius 1 is 1.23 bits per heavy atom. The van der Waals surface area contributed by atoms with Crippen LogP contribution in [0.1, 0.15) is 69.6 Å². The topological polar surface area (TPSA) is 40.5 Å². The molecule has 2 heteroatoms. The van der Waals surface area contributed by atoms with Crippen molar-refractivity contribution in [3.8, 4) is 5.75 Å². The maximum atomic E-state index is 10.4. The summed E-state index contributed by atoms with van der Waals surface area (Å²) >= 11 is 0. The highest BCUT2D eigenvalue weighted by Crippen LogP contribution is 2.56. The molecule has 0 heterocycles. The molecule has 3 rings (SSSR count). The largest absolute Gasteiger partial charge is 0.508 e. The van der Waals surface area contributed by atoms with Gasteiger partial charge in [-0.05, 0) is 47.3 Å². The van der Waals surface area contributed by atoms with Crippen molar-refractivity contribution in [2.24, 2.45) is 11.3 Å². The van der Waals surface area contributed by atoms with Crippen LogP contribution in [0.25, 0.3) is 6.08 Å². The number of rotatable bonds is 2. The predicted octanol–water partition coefficient (Wildman–Crippen LogP) is 4.60. The molecule has 22 heavy (non-hydrogen) atoms. The number of hydrogen-bond donors (Lipinski definition) is 2. The smallest absolute Gasteiger partial charge is 0.119 e. The Balaban J connectivity index is 2.25. The maximum Gasteiger partial charge on any atom is 0.119 e. The molecule has 1 aromatic rings. The lowest BCUT2D eigenvalue weighted by atomic mass is 9.51. The molecular formula is C20H28O2. The molecule has 2 aliphatic carbocycles. The van der Waals surface area contributed by atoms with Crippen LogP contribution < -0.4 is 0 Å². The monoisotopic (exact) mass is 300 g/mol. The van der Waals surface area contributed by atoms with Gasteiger partial charge < -0.3 is 10.2 Å². The number of aromatic hydroxyl groups is 1. The van der Waals surface area contributed by atoms with Crippen molar-refractivity contribution < 1.29 is 10.2 Å². The summed E-state index contributed by atoms with van der Waals surface area (Å²) in [5, 5.41) is 20.7. The second-order valence-electron chi connectivity index (χ2n) is 8.11. The summed E-state index contributed by atoms with van der Waals surface area (Å²) in [6.07, 6.45) is 7.86. The number of aliphatic hydroxyl groups excluding tert-OH is 1. The maximum absolute atomic E-state index is 10.4. The van der Waals surface area contributed by atoms with Gasteiger partial charge in [-0.2, -0.15) is 0 Å². The van der Waals surface area contributed by atoms with E-state index in [1.165, 1.54) is 12.0 Å². The van der Waals surface area contributed by atoms with Crippen LogP contribution in [0.5, 0.6) is 5.75 Å². The molecular weight excluding hydrogens is 272 g/mol. The third-order valence-electron chi connectivity index (χ3n) is 6.00. The summed E-state index contributed by atoms with van der Waals surface area (Å²) in [7, 11) is 0. The first-order valence-corrected chi connectivity index (χ1v) is 8.49. The molecule has 0 amide bonds. The molecule has 0 aliphatic heterocycles. The Kier molecular flexibility index (Phi) is 3.64. The lowest BCUT2D eigenvalue weighted by Gasteiger charge is -2.53. The summed E-state index contributed by atoms with van der Waals surface area (Å²) < 4.78 is 0. The Hall–Kier alpha value is -1.28. The van der Waals surface area contributed by atoms with Gasteiger partial charge in [0.2, 0.25) is 0 Å². The van der Waals surface area contributed by atoms with Gasteiger partial charge in [-0.1, -0.05) is 52.3 Å². The Morgan fingerprint density at radius 3 is 2.59 bits per heavy atom. The predicted molar refractivity (Wildman–Crippen MR) is 91.1 cm³/mol. The van der Waals surface area contributed by atoms with Crippen molar-refractivity contribution in [2.75, 3.05) is 6.61 Å². The van der Waals surface area contributed by atoms with Crippen LogP contribution in [0.4, 0.5) is 0 Å². The molecule has 1 fully saturated rings. The molecule has 0 radical (unpaired) electrons. The zero-order valence-corrected chi connectivity index (χ0v) is 14.2. The first kappa shape index (κ1) is 15.6. The van der Waals surface area contributed by atoms with Gasteiger partial charge in [0.1, 0.15) is 5.75 Å². The van der Waals surface area contributed by atoms with E-state index in [9.17, 15) is 10.2 Å². The number of phenolic OH excluding ortho intramolecular Hbond substituents is 1. The number of phenols is 1. The van der Waals surface area contributed by atoms with Gasteiger partial charge in [-0.15, -0.1) is 0 Å². The second-order valence-corrected chi connectivity index (χ2v) is 8.11. The number of aliphatic hydroxyl groups is 1. The average Bonchev–Trinajstić information content (AvgIpc) is 2.45. The van der Waals surface area contributed by atoms with E-state index in [0.717, 1.165) is 24.0 Å². The van der Waals surface area contributed by atoms with E-state index < -0.39 is 0 Å². The minimum Gasteiger partial charge on any atom is -0.508 e. The quantitative estimate of drug-likeness (QED) is 0.838. The molecule has 2 N–H and O–H groups in total. The van der Waals surface area contributed by atoms with Crippen LogP contribution in [0, 0.1) is 11.3 Å². The standard InChI is InChI=1S/C20H28O2/c1-13(2)18-14-6-9-17-19(3,4)10-5-11-20(17,12-21)15(14)7-8-16(18)22/h6-9,13,17,21-22H,5,10-12H2,1-4H3. The SMILES string of the molecule is CC(C)c1c(O)ccc2c1C=CC1C(C)(C)CCCC21CO. The second kappa shape index (κ2) is 5.13. The highest BCUT2D eigenvalue weighted by atomic mass is 16.3. The van der Waals surface area contributed by atoms with E-state index in [2.05, 4.69) is 39.8 Å². The summed E-state index contributed by atoms with van der Waals surface area (Å²) in [6, 6.07) is 3.87. The summed E-state index contributed by atoms with van der Waals surface area (Å²) in [5.41, 5.74) is 3.40. The van der Waals surface area contributed by atoms with Crippen LogP contribution in [0.2, 0.25) is 0 Å². The molecule has 1 saturated carbocycles. The van der Waals surface area contributed by atoms with Gasteiger partial charge in [0.15, 0.2) is 0 Å². The first-order valence-electron chi connectivity index (χ1n) is 8.49. The average molecular weight is 300 g/mol. The van der Waals surface area contributed by atoms with Crippen molar-refractivity contribution in [1.29, 1.82) is 0 Å². The molecule has 2 aliphatic rings. The zero-order valence-electron chi connectivity index (χ0n) is 14.2. The molecule has 0 spiro atoms. The van der Waals surface area contributed by atoms with E-state index in [1.807, 2.05) is 12.1 Å². The van der Waals surface area contributed by atoms with Crippen LogP contribution in [0.15, 0.2) is 18.2 Å². The fraction of sp³-hybridized carbons (Fsp3) is 0.600. The fourth-order valence-electron chi connectivity index (χ4n) is 4.97. The normalized spacial score (nSPS) is 29.3. The van der Waals surface area contributed by atoms with Gasteiger partial charge in [-0.25, -0.2) is 0 Å². The molecule has 2 unspecified atom stereocenters. The highest BCUT2D eigenvalue weighted by molar-refractivity contribution is 5.68. The Bertz CT molecular complexity index is 612. The molecule has 0 aromatic heterocycles. The van der Waals surface area contributed by atoms with E-state index in [4.69, 9.17) is 0 Å². The number of benzene rings is 1. The molecule has 120 valence electrons. The molecule has 2 nitrogen and oxygen atoms in total. The van der Waals surface area contributed by atoms with Crippen LogP contribution in [-0.4, -0.2) is 16.8 Å². The molecule has 0 bridgehead atoms. The van der Waals surface area contributed by atoms with E-state index in [0.29, 0.717) is 11.7 Å². The molecule has 0 saturated heterocycles. The van der Waals surface area contributed by atoms with Crippen molar-refractivity contribution in [3.05, 3.63) is 34.9 Å². The first-order chi connectivity index (χ1) is 10.3. The number of allylic oxidation sites excluding steroid dienone is 1.